The number of aliphatic hydroxyl groups excluding tert-OH is 1. The first-order valence-electron chi connectivity index (χ1n) is 26.5. The number of nitrogens with zero attached hydrogens (tertiary/aromatic N) is 1. The molecule has 400 valence electrons. The molecule has 4 heterocycles. The predicted octanol–water partition coefficient (Wildman–Crippen LogP) is 7.73. The molecule has 4 aliphatic heterocycles. The van der Waals surface area contributed by atoms with Gasteiger partial charge in [0, 0.05) is 51.4 Å². The summed E-state index contributed by atoms with van der Waals surface area (Å²) in [7, 11) is 2.97. The summed E-state index contributed by atoms with van der Waals surface area (Å²) in [5, 5.41) is 23.5. The summed E-state index contributed by atoms with van der Waals surface area (Å²) in [5.74, 6) is -8.36. The van der Waals surface area contributed by atoms with Crippen LogP contribution < -0.4 is 0 Å². The largest absolute Gasteiger partial charge is 0.460 e. The number of fused-ring (bicyclic) bond motifs is 3. The number of amides is 1. The minimum atomic E-state index is -2.43. The number of carbonyl (C=O) groups excluding carboxylic acids is 5. The van der Waals surface area contributed by atoms with Crippen LogP contribution in [0.5, 0.6) is 0 Å². The van der Waals surface area contributed by atoms with Gasteiger partial charge in [-0.15, -0.1) is 0 Å². The smallest absolute Gasteiger partial charge is 0.329 e. The first kappa shape index (κ1) is 58.5. The average molecular weight is 998 g/mol. The molecule has 0 radical (unpaired) electrons. The van der Waals surface area contributed by atoms with Crippen molar-refractivity contribution in [1.82, 2.24) is 4.90 Å². The zero-order chi connectivity index (χ0) is 52.2. The Morgan fingerprint density at radius 3 is 2.30 bits per heavy atom. The SMILES string of the molecule is CO[C@H]1C[C@@H]2CC[C@@H](C)[C@@](O)(O2)C(=O)C(=O)N2CCCC[C@H]2C(=O)O[C@H]([C@H](C)CC2CCC[C@H](OCC3COC(C)(C)O3)C2)CC(=O)[C@H](C)/C=C(\C)[C@@H](O)[C@@H](OC)C(=O)[C@H](C)C[C@H](C)/C=C/C=C/C=C/1C. The molecule has 71 heavy (non-hydrogen) atoms. The summed E-state index contributed by atoms with van der Waals surface area (Å²) in [4.78, 5) is 72.5. The second-order valence-electron chi connectivity index (χ2n) is 22.0. The average Bonchev–Trinajstić information content (AvgIpc) is 3.70. The molecule has 0 aromatic rings. The van der Waals surface area contributed by atoms with Crippen LogP contribution in [-0.4, -0.2) is 139 Å². The molecule has 0 aromatic carbocycles. The number of hydrogen-bond donors (Lipinski definition) is 2. The second-order valence-corrected chi connectivity index (χ2v) is 22.0. The van der Waals surface area contributed by atoms with E-state index >= 15 is 0 Å². The van der Waals surface area contributed by atoms with Gasteiger partial charge in [0.2, 0.25) is 5.79 Å². The Hall–Kier alpha value is -3.41. The molecule has 3 saturated heterocycles. The molecular weight excluding hydrogens is 911 g/mol. The lowest BCUT2D eigenvalue weighted by Gasteiger charge is -2.42. The molecule has 4 fully saturated rings. The van der Waals surface area contributed by atoms with E-state index in [1.54, 1.807) is 34.0 Å². The zero-order valence-corrected chi connectivity index (χ0v) is 44.6. The van der Waals surface area contributed by atoms with Gasteiger partial charge >= 0.3 is 5.97 Å². The fraction of sp³-hybridized carbons (Fsp3) is 0.768. The quantitative estimate of drug-likeness (QED) is 0.136. The van der Waals surface area contributed by atoms with Crippen LogP contribution in [0.3, 0.4) is 0 Å². The number of esters is 1. The Labute approximate surface area is 423 Å². The summed E-state index contributed by atoms with van der Waals surface area (Å²) in [6.45, 7) is 17.6. The van der Waals surface area contributed by atoms with Gasteiger partial charge in [0.1, 0.15) is 36.2 Å². The van der Waals surface area contributed by atoms with Gasteiger partial charge in [0.05, 0.1) is 31.5 Å². The van der Waals surface area contributed by atoms with Crippen LogP contribution in [0.25, 0.3) is 0 Å². The van der Waals surface area contributed by atoms with Crippen molar-refractivity contribution in [3.8, 4) is 0 Å². The third-order valence-corrected chi connectivity index (χ3v) is 15.6. The maximum Gasteiger partial charge on any atom is 0.329 e. The van der Waals surface area contributed by atoms with Crippen LogP contribution in [-0.2, 0) is 57.1 Å². The standard InChI is InChI=1S/C56H87NO14/c1-34-18-13-12-14-19-35(2)47(65-10)30-43-24-23-40(7)56(64,71-43)52(61)53(62)57-25-16-15-22-45(57)54(63)69-48(31-46(58)36(3)27-39(6)50(60)51(66-11)49(59)38(5)26-34)37(4)28-41-20-17-21-42(29-41)67-32-44-33-68-55(8,9)70-44/h12-14,18-19,27,34,36-38,40-45,47-48,50-51,60,64H,15-17,20-26,28-33H2,1-11H3/b14-12+,18-13+,35-19+,39-27+/t34-,36-,37-,38-,40-,41?,42+,43+,44?,45+,47+,48+,50-,51+,56-/m1/s1. The number of ketones is 3. The Kier molecular flexibility index (Phi) is 22.0. The number of cyclic esters (lactones) is 1. The van der Waals surface area contributed by atoms with E-state index in [2.05, 4.69) is 0 Å². The Morgan fingerprint density at radius 1 is 0.859 bits per heavy atom. The van der Waals surface area contributed by atoms with E-state index in [1.807, 2.05) is 71.9 Å². The molecule has 15 atom stereocenters. The number of rotatable bonds is 8. The first-order chi connectivity index (χ1) is 33.6. The number of piperidine rings is 1. The van der Waals surface area contributed by atoms with E-state index in [1.165, 1.54) is 12.0 Å². The summed E-state index contributed by atoms with van der Waals surface area (Å²) >= 11 is 0. The van der Waals surface area contributed by atoms with E-state index < -0.39 is 83.5 Å². The zero-order valence-electron chi connectivity index (χ0n) is 44.6. The third kappa shape index (κ3) is 16.0. The number of hydrogen-bond acceptors (Lipinski definition) is 14. The predicted molar refractivity (Wildman–Crippen MR) is 268 cm³/mol. The maximum absolute atomic E-state index is 14.5. The summed E-state index contributed by atoms with van der Waals surface area (Å²) in [6.07, 6.45) is 13.9. The van der Waals surface area contributed by atoms with Crippen molar-refractivity contribution in [2.75, 3.05) is 34.0 Å². The van der Waals surface area contributed by atoms with Crippen molar-refractivity contribution in [2.45, 2.75) is 206 Å². The Balaban J connectivity index is 1.43. The summed E-state index contributed by atoms with van der Waals surface area (Å²) in [6, 6.07) is -1.13. The van der Waals surface area contributed by atoms with E-state index in [4.69, 9.17) is 33.2 Å². The van der Waals surface area contributed by atoms with Gasteiger partial charge in [-0.3, -0.25) is 19.2 Å². The van der Waals surface area contributed by atoms with E-state index in [-0.39, 0.29) is 60.9 Å². The van der Waals surface area contributed by atoms with Crippen LogP contribution in [0, 0.1) is 35.5 Å². The lowest BCUT2D eigenvalue weighted by atomic mass is 9.79. The van der Waals surface area contributed by atoms with Crippen molar-refractivity contribution in [2.24, 2.45) is 35.5 Å². The molecule has 2 bridgehead atoms. The highest BCUT2D eigenvalue weighted by Crippen LogP contribution is 2.38. The highest BCUT2D eigenvalue weighted by atomic mass is 16.7. The molecule has 1 saturated carbocycles. The molecule has 5 aliphatic rings. The number of ether oxygens (including phenoxy) is 7. The molecule has 2 N–H and O–H groups in total. The molecule has 15 heteroatoms. The highest BCUT2D eigenvalue weighted by molar-refractivity contribution is 6.39. The normalized spacial score (nSPS) is 39.9. The molecule has 0 aromatic heterocycles. The van der Waals surface area contributed by atoms with Gasteiger partial charge in [-0.1, -0.05) is 83.9 Å². The van der Waals surface area contributed by atoms with E-state index in [0.29, 0.717) is 63.7 Å². The molecule has 2 unspecified atom stereocenters. The summed E-state index contributed by atoms with van der Waals surface area (Å²) < 4.78 is 42.1. The molecule has 0 spiro atoms. The minimum absolute atomic E-state index is 0.0110. The molecule has 15 nitrogen and oxygen atoms in total. The van der Waals surface area contributed by atoms with Crippen molar-refractivity contribution in [3.63, 3.8) is 0 Å². The van der Waals surface area contributed by atoms with Gasteiger partial charge in [-0.05, 0) is 114 Å². The Morgan fingerprint density at radius 2 is 1.61 bits per heavy atom. The number of allylic oxidation sites excluding steroid dienone is 6. The van der Waals surface area contributed by atoms with Gasteiger partial charge < -0.3 is 48.3 Å². The second kappa shape index (κ2) is 26.7. The highest BCUT2D eigenvalue weighted by Gasteiger charge is 2.53. The number of methoxy groups -OCH3 is 2. The number of Topliss-reactive ketones (excluding diaryl/α,β-unsaturated/α-hetero) is 3. The fourth-order valence-corrected chi connectivity index (χ4v) is 11.1. The van der Waals surface area contributed by atoms with E-state index in [0.717, 1.165) is 31.3 Å². The van der Waals surface area contributed by atoms with Gasteiger partial charge in [-0.2, -0.15) is 0 Å². The molecule has 5 rings (SSSR count). The van der Waals surface area contributed by atoms with Crippen LogP contribution in [0.1, 0.15) is 146 Å². The lowest BCUT2D eigenvalue weighted by Crippen LogP contribution is -2.61. The van der Waals surface area contributed by atoms with Crippen LogP contribution in [0.2, 0.25) is 0 Å². The van der Waals surface area contributed by atoms with Gasteiger partial charge in [0.15, 0.2) is 11.6 Å². The molecule has 1 aliphatic carbocycles. The van der Waals surface area contributed by atoms with Crippen LogP contribution in [0.15, 0.2) is 47.6 Å². The lowest BCUT2D eigenvalue weighted by molar-refractivity contribution is -0.265. The number of carbonyl (C=O) groups is 5. The number of aliphatic hydroxyl groups is 2. The summed E-state index contributed by atoms with van der Waals surface area (Å²) in [5.41, 5.74) is 1.29. The Bertz CT molecular complexity index is 1940. The third-order valence-electron chi connectivity index (χ3n) is 15.6. The van der Waals surface area contributed by atoms with Gasteiger partial charge in [0.25, 0.3) is 11.7 Å². The van der Waals surface area contributed by atoms with Crippen molar-refractivity contribution in [3.05, 3.63) is 47.6 Å². The molecular formula is C56H87NO14. The minimum Gasteiger partial charge on any atom is -0.460 e. The topological polar surface area (TPSA) is 194 Å². The first-order valence-corrected chi connectivity index (χ1v) is 26.5. The monoisotopic (exact) mass is 998 g/mol. The van der Waals surface area contributed by atoms with Crippen molar-refractivity contribution < 1.29 is 67.3 Å². The molecule has 1 amide bonds. The van der Waals surface area contributed by atoms with E-state index in [9.17, 15) is 34.2 Å². The maximum atomic E-state index is 14.5. The van der Waals surface area contributed by atoms with Crippen molar-refractivity contribution >= 4 is 29.2 Å². The van der Waals surface area contributed by atoms with Crippen LogP contribution in [0.4, 0.5) is 0 Å². The van der Waals surface area contributed by atoms with Gasteiger partial charge in [-0.25, -0.2) is 4.79 Å². The van der Waals surface area contributed by atoms with Crippen LogP contribution >= 0.6 is 0 Å². The fourth-order valence-electron chi connectivity index (χ4n) is 11.1. The van der Waals surface area contributed by atoms with Crippen molar-refractivity contribution in [1.29, 1.82) is 0 Å².